The van der Waals surface area contributed by atoms with Crippen molar-refractivity contribution in [3.63, 3.8) is 0 Å². The summed E-state index contributed by atoms with van der Waals surface area (Å²) in [6, 6.07) is 4.12. The zero-order valence-corrected chi connectivity index (χ0v) is 16.3. The molecule has 0 radical (unpaired) electrons. The first-order chi connectivity index (χ1) is 12.7. The van der Waals surface area contributed by atoms with Crippen LogP contribution in [0.5, 0.6) is 0 Å². The number of carbonyl (C=O) groups is 1. The maximum absolute atomic E-state index is 12.0. The van der Waals surface area contributed by atoms with Gasteiger partial charge in [0.25, 0.3) is 0 Å². The minimum Gasteiger partial charge on any atom is -0.359 e. The predicted molar refractivity (Wildman–Crippen MR) is 105 cm³/mol. The van der Waals surface area contributed by atoms with Crippen LogP contribution >= 0.6 is 22.6 Å². The Kier molecular flexibility index (Phi) is 4.76. The summed E-state index contributed by atoms with van der Waals surface area (Å²) in [5.41, 5.74) is 0. The second-order valence-electron chi connectivity index (χ2n) is 6.91. The molecule has 1 aliphatic carbocycles. The van der Waals surface area contributed by atoms with Gasteiger partial charge in [-0.05, 0) is 66.3 Å². The van der Waals surface area contributed by atoms with Crippen LogP contribution in [0, 0.1) is 9.49 Å². The Hall–Kier alpha value is -0.890. The van der Waals surface area contributed by atoms with E-state index in [-0.39, 0.29) is 5.91 Å². The summed E-state index contributed by atoms with van der Waals surface area (Å²) < 4.78 is 24.7. The van der Waals surface area contributed by atoms with Crippen molar-refractivity contribution < 1.29 is 8.91 Å². The minimum absolute atomic E-state index is 0.196. The molecule has 1 amide bonds. The van der Waals surface area contributed by atoms with E-state index in [1.165, 1.54) is 4.90 Å². The van der Waals surface area contributed by atoms with Crippen LogP contribution in [0.2, 0.25) is 0 Å². The molecule has 0 aromatic carbocycles. The molecule has 1 aromatic rings. The van der Waals surface area contributed by atoms with Crippen molar-refractivity contribution in [1.82, 2.24) is 14.8 Å². The first-order valence-corrected chi connectivity index (χ1v) is 9.69. The van der Waals surface area contributed by atoms with Crippen molar-refractivity contribution in [1.29, 1.82) is 0 Å². The fourth-order valence-electron chi connectivity index (χ4n) is 3.66. The van der Waals surface area contributed by atoms with Crippen LogP contribution < -0.4 is 4.90 Å². The van der Waals surface area contributed by atoms with Crippen LogP contribution in [-0.4, -0.2) is 66.9 Å². The lowest BCUT2D eigenvalue weighted by Gasteiger charge is -2.41. The van der Waals surface area contributed by atoms with E-state index in [1.807, 2.05) is 13.1 Å². The number of piperazine rings is 1. The number of carbonyl (C=O) groups excluding carboxylic acids is 1. The molecular formula is C18H27IN4O. The number of likely N-dealkylation sites (N-methyl/N-ethyl adjacent to an activating group) is 1. The summed E-state index contributed by atoms with van der Waals surface area (Å²) in [5.74, 6) is 1.05. The number of anilines is 1. The molecule has 5 nitrogen and oxygen atoms in total. The molecule has 132 valence electrons. The molecular weight excluding hydrogens is 415 g/mol. The highest BCUT2D eigenvalue weighted by Crippen LogP contribution is 2.29. The van der Waals surface area contributed by atoms with E-state index in [0.29, 0.717) is 30.9 Å². The van der Waals surface area contributed by atoms with Crippen molar-refractivity contribution in [3.05, 3.63) is 21.9 Å². The highest BCUT2D eigenvalue weighted by molar-refractivity contribution is 14.1. The van der Waals surface area contributed by atoms with Gasteiger partial charge in [-0.3, -0.25) is 9.69 Å². The van der Waals surface area contributed by atoms with Crippen molar-refractivity contribution in [3.8, 4) is 0 Å². The Labute approximate surface area is 162 Å². The Morgan fingerprint density at radius 1 is 1.33 bits per heavy atom. The molecule has 1 aromatic heterocycles. The number of amides is 1. The first kappa shape index (κ1) is 14.3. The third kappa shape index (κ3) is 4.39. The number of nitrogens with zero attached hydrogens (tertiary/aromatic N) is 4. The van der Waals surface area contributed by atoms with Gasteiger partial charge in [-0.1, -0.05) is 0 Å². The van der Waals surface area contributed by atoms with Crippen LogP contribution in [0.3, 0.4) is 0 Å². The van der Waals surface area contributed by atoms with E-state index in [2.05, 4.69) is 32.5 Å². The lowest BCUT2D eigenvalue weighted by atomic mass is 9.84. The van der Waals surface area contributed by atoms with Gasteiger partial charge in [0.15, 0.2) is 0 Å². The molecule has 1 aliphatic heterocycles. The molecule has 0 atom stereocenters. The topological polar surface area (TPSA) is 39.7 Å². The Bertz CT molecular complexity index is 647. The standard InChI is InChI=1S/C18H27IN4O/c1-21-9-10-23(13-18(21)24)16-6-3-14(4-7-16)12-22(2)17-8-5-15(19)11-20-17/h5,8,11,14,16H,3-4,6-7,9-10,12-13H2,1-2H3/i2D3. The largest absolute Gasteiger partial charge is 0.359 e. The fourth-order valence-corrected chi connectivity index (χ4v) is 3.98. The molecule has 0 unspecified atom stereocenters. The van der Waals surface area contributed by atoms with Gasteiger partial charge in [0.1, 0.15) is 5.82 Å². The maximum atomic E-state index is 12.0. The monoisotopic (exact) mass is 445 g/mol. The molecule has 0 N–H and O–H groups in total. The highest BCUT2D eigenvalue weighted by atomic mass is 127. The predicted octanol–water partition coefficient (Wildman–Crippen LogP) is 2.46. The van der Waals surface area contributed by atoms with Crippen LogP contribution in [-0.2, 0) is 4.79 Å². The summed E-state index contributed by atoms with van der Waals surface area (Å²) in [6.45, 7) is 0.550. The fraction of sp³-hybridized carbons (Fsp3) is 0.667. The average molecular weight is 445 g/mol. The molecule has 2 fully saturated rings. The van der Waals surface area contributed by atoms with Crippen LogP contribution in [0.4, 0.5) is 5.82 Å². The minimum atomic E-state index is -2.19. The summed E-state index contributed by atoms with van der Waals surface area (Å²) in [7, 11) is 1.86. The van der Waals surface area contributed by atoms with Crippen LogP contribution in [0.1, 0.15) is 29.8 Å². The molecule has 2 aliphatic rings. The van der Waals surface area contributed by atoms with Gasteiger partial charge in [-0.25, -0.2) is 4.98 Å². The normalized spacial score (nSPS) is 28.2. The van der Waals surface area contributed by atoms with Crippen molar-refractivity contribution >= 4 is 34.3 Å². The van der Waals surface area contributed by atoms with E-state index in [0.717, 1.165) is 42.3 Å². The number of aromatic nitrogens is 1. The lowest BCUT2D eigenvalue weighted by molar-refractivity contribution is -0.135. The van der Waals surface area contributed by atoms with Gasteiger partial charge in [0.2, 0.25) is 5.91 Å². The van der Waals surface area contributed by atoms with E-state index >= 15 is 0 Å². The molecule has 3 rings (SSSR count). The summed E-state index contributed by atoms with van der Waals surface area (Å²) in [6.07, 6.45) is 5.73. The molecule has 0 bridgehead atoms. The molecule has 24 heavy (non-hydrogen) atoms. The summed E-state index contributed by atoms with van der Waals surface area (Å²) in [5, 5.41) is 0. The number of pyridine rings is 1. The third-order valence-electron chi connectivity index (χ3n) is 5.25. The van der Waals surface area contributed by atoms with Gasteiger partial charge in [0.05, 0.1) is 6.54 Å². The molecule has 1 saturated carbocycles. The quantitative estimate of drug-likeness (QED) is 0.668. The average Bonchev–Trinajstić information content (AvgIpc) is 2.63. The lowest BCUT2D eigenvalue weighted by Crippen LogP contribution is -2.53. The maximum Gasteiger partial charge on any atom is 0.236 e. The van der Waals surface area contributed by atoms with E-state index < -0.39 is 6.98 Å². The van der Waals surface area contributed by atoms with Gasteiger partial charge >= 0.3 is 0 Å². The summed E-state index contributed by atoms with van der Waals surface area (Å²) >= 11 is 2.17. The van der Waals surface area contributed by atoms with Crippen LogP contribution in [0.25, 0.3) is 0 Å². The van der Waals surface area contributed by atoms with Crippen molar-refractivity contribution in [2.45, 2.75) is 31.7 Å². The Morgan fingerprint density at radius 3 is 2.75 bits per heavy atom. The van der Waals surface area contributed by atoms with E-state index in [1.54, 1.807) is 17.2 Å². The van der Waals surface area contributed by atoms with Crippen LogP contribution in [0.15, 0.2) is 18.3 Å². The van der Waals surface area contributed by atoms with Crippen molar-refractivity contribution in [2.24, 2.45) is 5.92 Å². The van der Waals surface area contributed by atoms with Gasteiger partial charge in [-0.2, -0.15) is 0 Å². The second-order valence-corrected chi connectivity index (χ2v) is 8.15. The van der Waals surface area contributed by atoms with Gasteiger partial charge in [0, 0.05) is 53.6 Å². The Balaban J connectivity index is 1.58. The molecule has 2 heterocycles. The third-order valence-corrected chi connectivity index (χ3v) is 5.89. The highest BCUT2D eigenvalue weighted by Gasteiger charge is 2.30. The van der Waals surface area contributed by atoms with Gasteiger partial charge < -0.3 is 9.80 Å². The van der Waals surface area contributed by atoms with Crippen molar-refractivity contribution in [2.75, 3.05) is 45.1 Å². The first-order valence-electron chi connectivity index (χ1n) is 10.1. The second kappa shape index (κ2) is 7.99. The molecule has 0 spiro atoms. The number of halogens is 1. The number of hydrogen-bond acceptors (Lipinski definition) is 4. The summed E-state index contributed by atoms with van der Waals surface area (Å²) in [4.78, 5) is 21.8. The zero-order valence-electron chi connectivity index (χ0n) is 17.1. The SMILES string of the molecule is [2H]C([2H])([2H])N(CC1CCC(N2CCN(C)C(=O)C2)CC1)c1ccc(I)cn1. The molecule has 6 heteroatoms. The zero-order chi connectivity index (χ0) is 19.6. The van der Waals surface area contributed by atoms with E-state index in [4.69, 9.17) is 4.11 Å². The Morgan fingerprint density at radius 2 is 2.12 bits per heavy atom. The number of hydrogen-bond donors (Lipinski definition) is 0. The smallest absolute Gasteiger partial charge is 0.236 e. The van der Waals surface area contributed by atoms with Gasteiger partial charge in [-0.15, -0.1) is 0 Å². The van der Waals surface area contributed by atoms with E-state index in [9.17, 15) is 4.79 Å². The number of rotatable bonds is 4. The molecule has 1 saturated heterocycles.